The fourth-order valence-electron chi connectivity index (χ4n) is 9.26. The Morgan fingerprint density at radius 3 is 1.30 bits per heavy atom. The van der Waals surface area contributed by atoms with Gasteiger partial charge >= 0.3 is 0 Å². The number of hydrogen-bond donors (Lipinski definition) is 0. The van der Waals surface area contributed by atoms with Gasteiger partial charge in [0.25, 0.3) is 0 Å². The van der Waals surface area contributed by atoms with Gasteiger partial charge in [-0.1, -0.05) is 72.6 Å². The summed E-state index contributed by atoms with van der Waals surface area (Å²) >= 11 is 8.31. The van der Waals surface area contributed by atoms with E-state index in [9.17, 15) is 0 Å². The quantitative estimate of drug-likeness (QED) is 0.255. The Morgan fingerprint density at radius 1 is 0.556 bits per heavy atom. The number of fused-ring (bicyclic) bond motifs is 2. The van der Waals surface area contributed by atoms with Gasteiger partial charge in [0.2, 0.25) is 0 Å². The average Bonchev–Trinajstić information content (AvgIpc) is 3.12. The van der Waals surface area contributed by atoms with Gasteiger partial charge in [-0.05, 0) is 97.0 Å². The van der Waals surface area contributed by atoms with Crippen LogP contribution in [0.4, 0.5) is 0 Å². The third-order valence-corrected chi connectivity index (χ3v) is 18.7. The number of halogens is 2. The molecule has 0 spiro atoms. The van der Waals surface area contributed by atoms with Crippen LogP contribution >= 0.6 is 31.9 Å². The average molecular weight is 518 g/mol. The smallest absolute Gasteiger partial charge is 0.0546 e. The van der Waals surface area contributed by atoms with Gasteiger partial charge in [0.05, 0.1) is 8.07 Å². The molecule has 0 heterocycles. The van der Waals surface area contributed by atoms with Crippen LogP contribution in [0.15, 0.2) is 0 Å². The molecule has 0 radical (unpaired) electrons. The molecule has 4 aliphatic rings. The van der Waals surface area contributed by atoms with Crippen molar-refractivity contribution in [1.29, 1.82) is 0 Å². The second kappa shape index (κ2) is 7.70. The first-order valence-electron chi connectivity index (χ1n) is 11.9. The van der Waals surface area contributed by atoms with Crippen LogP contribution in [-0.2, 0) is 0 Å². The lowest BCUT2D eigenvalue weighted by atomic mass is 9.76. The van der Waals surface area contributed by atoms with Crippen molar-refractivity contribution in [2.75, 3.05) is 0 Å². The van der Waals surface area contributed by atoms with E-state index < -0.39 is 8.07 Å². The van der Waals surface area contributed by atoms with Crippen LogP contribution in [0.1, 0.15) is 66.2 Å². The largest absolute Gasteiger partial charge is 0.0885 e. The third kappa shape index (κ3) is 3.40. The van der Waals surface area contributed by atoms with Crippen molar-refractivity contribution in [3.8, 4) is 0 Å². The molecule has 12 unspecified atom stereocenters. The van der Waals surface area contributed by atoms with E-state index in [1.807, 2.05) is 0 Å². The molecular weight excluding hydrogens is 476 g/mol. The Kier molecular flexibility index (Phi) is 6.11. The van der Waals surface area contributed by atoms with E-state index in [4.69, 9.17) is 0 Å². The highest BCUT2D eigenvalue weighted by Gasteiger charge is 2.60. The van der Waals surface area contributed by atoms with E-state index in [0.29, 0.717) is 0 Å². The molecule has 0 aromatic carbocycles. The van der Waals surface area contributed by atoms with E-state index in [2.05, 4.69) is 72.6 Å². The molecule has 4 aliphatic carbocycles. The zero-order chi connectivity index (χ0) is 19.7. The first-order valence-corrected chi connectivity index (χ1v) is 16.9. The van der Waals surface area contributed by atoms with Crippen LogP contribution in [-0.4, -0.2) is 17.7 Å². The van der Waals surface area contributed by atoms with Gasteiger partial charge in [-0.25, -0.2) is 0 Å². The molecule has 0 amide bonds. The summed E-state index contributed by atoms with van der Waals surface area (Å²) in [6, 6.07) is 0. The molecule has 0 aliphatic heterocycles. The molecule has 4 rings (SSSR count). The Balaban J connectivity index is 1.61. The van der Waals surface area contributed by atoms with Crippen molar-refractivity contribution in [3.63, 3.8) is 0 Å². The molecule has 3 heteroatoms. The van der Waals surface area contributed by atoms with Gasteiger partial charge in [-0.15, -0.1) is 0 Å². The molecule has 27 heavy (non-hydrogen) atoms. The molecule has 4 fully saturated rings. The standard InChI is InChI=1S/C24H42Br2Si/c1-13-7-9-17-19(21(13)25)11-15(3)23(17)27(5,6)24-16(4)12-20-18(24)10-8-14(2)22(20)26/h13-24H,7-12H2,1-6H3. The molecule has 0 nitrogen and oxygen atoms in total. The topological polar surface area (TPSA) is 0 Å². The van der Waals surface area contributed by atoms with Crippen LogP contribution < -0.4 is 0 Å². The second-order valence-electron chi connectivity index (χ2n) is 12.0. The van der Waals surface area contributed by atoms with E-state index in [1.54, 1.807) is 0 Å². The summed E-state index contributed by atoms with van der Waals surface area (Å²) in [5.74, 6) is 7.65. The van der Waals surface area contributed by atoms with Crippen LogP contribution in [0.3, 0.4) is 0 Å². The summed E-state index contributed by atoms with van der Waals surface area (Å²) in [7, 11) is -1.32. The maximum absolute atomic E-state index is 4.16. The van der Waals surface area contributed by atoms with Crippen LogP contribution in [0.25, 0.3) is 0 Å². The molecule has 0 bridgehead atoms. The summed E-state index contributed by atoms with van der Waals surface area (Å²) in [6.07, 6.45) is 8.95. The van der Waals surface area contributed by atoms with Crippen LogP contribution in [0.5, 0.6) is 0 Å². The van der Waals surface area contributed by atoms with Gasteiger partial charge in [0.15, 0.2) is 0 Å². The van der Waals surface area contributed by atoms with Crippen LogP contribution in [0, 0.1) is 47.3 Å². The minimum absolute atomic E-state index is 0.782. The molecule has 0 N–H and O–H groups in total. The highest BCUT2D eigenvalue weighted by atomic mass is 79.9. The van der Waals surface area contributed by atoms with Crippen molar-refractivity contribution >= 4 is 39.9 Å². The Bertz CT molecular complexity index is 502. The zero-order valence-electron chi connectivity index (χ0n) is 18.4. The van der Waals surface area contributed by atoms with E-state index >= 15 is 0 Å². The second-order valence-corrected chi connectivity index (χ2v) is 19.0. The molecule has 0 aromatic heterocycles. The number of rotatable bonds is 2. The lowest BCUT2D eigenvalue weighted by Crippen LogP contribution is -2.48. The lowest BCUT2D eigenvalue weighted by molar-refractivity contribution is 0.223. The predicted octanol–water partition coefficient (Wildman–Crippen LogP) is 8.37. The maximum Gasteiger partial charge on any atom is 0.0546 e. The van der Waals surface area contributed by atoms with Crippen molar-refractivity contribution < 1.29 is 0 Å². The summed E-state index contributed by atoms with van der Waals surface area (Å²) in [6.45, 7) is 15.9. The van der Waals surface area contributed by atoms with Crippen molar-refractivity contribution in [3.05, 3.63) is 0 Å². The van der Waals surface area contributed by atoms with Crippen LogP contribution in [0.2, 0.25) is 24.2 Å². The van der Waals surface area contributed by atoms with E-state index in [0.717, 1.165) is 68.1 Å². The molecule has 0 saturated heterocycles. The summed E-state index contributed by atoms with van der Waals surface area (Å²) in [5.41, 5.74) is 2.13. The van der Waals surface area contributed by atoms with Gasteiger partial charge in [0.1, 0.15) is 0 Å². The highest BCUT2D eigenvalue weighted by molar-refractivity contribution is 9.09. The Morgan fingerprint density at radius 2 is 0.926 bits per heavy atom. The Hall–Kier alpha value is 1.18. The summed E-state index contributed by atoms with van der Waals surface area (Å²) in [4.78, 5) is 1.56. The van der Waals surface area contributed by atoms with E-state index in [1.165, 1.54) is 38.5 Å². The monoisotopic (exact) mass is 516 g/mol. The summed E-state index contributed by atoms with van der Waals surface area (Å²) < 4.78 is 0. The molecule has 156 valence electrons. The molecule has 0 aromatic rings. The zero-order valence-corrected chi connectivity index (χ0v) is 22.6. The minimum atomic E-state index is -1.32. The SMILES string of the molecule is CC1CCC2C(CC(C)C2[Si](C)(C)C2C(C)CC3C(Br)C(C)CCC32)C1Br. The molecule has 4 saturated carbocycles. The van der Waals surface area contributed by atoms with Crippen molar-refractivity contribution in [1.82, 2.24) is 0 Å². The Labute approximate surface area is 186 Å². The maximum atomic E-state index is 4.16. The van der Waals surface area contributed by atoms with Crippen molar-refractivity contribution in [2.45, 2.75) is 100 Å². The lowest BCUT2D eigenvalue weighted by Gasteiger charge is -2.49. The molecular formula is C24H42Br2Si. The fourth-order valence-corrected chi connectivity index (χ4v) is 17.7. The first-order chi connectivity index (χ1) is 12.6. The van der Waals surface area contributed by atoms with Gasteiger partial charge in [-0.2, -0.15) is 0 Å². The number of hydrogen-bond acceptors (Lipinski definition) is 0. The normalized spacial score (nSPS) is 56.0. The van der Waals surface area contributed by atoms with Gasteiger partial charge in [-0.3, -0.25) is 0 Å². The fraction of sp³-hybridized carbons (Fsp3) is 1.00. The molecule has 12 atom stereocenters. The first kappa shape index (κ1) is 21.4. The third-order valence-electron chi connectivity index (χ3n) is 10.1. The number of alkyl halides is 2. The predicted molar refractivity (Wildman–Crippen MR) is 129 cm³/mol. The van der Waals surface area contributed by atoms with Gasteiger partial charge in [0, 0.05) is 9.65 Å². The van der Waals surface area contributed by atoms with Crippen molar-refractivity contribution in [2.24, 2.45) is 47.3 Å². The van der Waals surface area contributed by atoms with Gasteiger partial charge < -0.3 is 0 Å². The highest BCUT2D eigenvalue weighted by Crippen LogP contribution is 2.66. The minimum Gasteiger partial charge on any atom is -0.0885 e. The summed E-state index contributed by atoms with van der Waals surface area (Å²) in [5, 5.41) is 0. The van der Waals surface area contributed by atoms with E-state index in [-0.39, 0.29) is 0 Å².